The van der Waals surface area contributed by atoms with Gasteiger partial charge in [-0.1, -0.05) is 6.07 Å². The van der Waals surface area contributed by atoms with Gasteiger partial charge in [0.15, 0.2) is 0 Å². The minimum absolute atomic E-state index is 0.0361. The van der Waals surface area contributed by atoms with Crippen LogP contribution in [0.1, 0.15) is 28.1 Å². The van der Waals surface area contributed by atoms with Gasteiger partial charge in [-0.3, -0.25) is 4.79 Å². The molecule has 2 aromatic rings. The van der Waals surface area contributed by atoms with E-state index < -0.39 is 0 Å². The van der Waals surface area contributed by atoms with Gasteiger partial charge in [-0.2, -0.15) is 0 Å². The van der Waals surface area contributed by atoms with Gasteiger partial charge in [-0.15, -0.1) is 11.3 Å². The first kappa shape index (κ1) is 17.2. The molecule has 1 saturated heterocycles. The Balaban J connectivity index is 1.45. The van der Waals surface area contributed by atoms with Gasteiger partial charge in [0.05, 0.1) is 11.3 Å². The molecule has 4 rings (SSSR count). The Kier molecular flexibility index (Phi) is 4.99. The molecule has 2 unspecified atom stereocenters. The molecule has 0 aliphatic carbocycles. The van der Waals surface area contributed by atoms with Crippen molar-refractivity contribution in [2.75, 3.05) is 30.3 Å². The lowest BCUT2D eigenvalue weighted by Crippen LogP contribution is -2.38. The fourth-order valence-electron chi connectivity index (χ4n) is 3.62. The number of carbonyl (C=O) groups is 1. The topological polar surface area (TPSA) is 85.4 Å². The van der Waals surface area contributed by atoms with Crippen LogP contribution in [-0.2, 0) is 6.42 Å². The number of anilines is 2. The van der Waals surface area contributed by atoms with Crippen molar-refractivity contribution in [3.63, 3.8) is 0 Å². The number of amides is 1. The lowest BCUT2D eigenvalue weighted by atomic mass is 9.99. The maximum absolute atomic E-state index is 12.7. The highest BCUT2D eigenvalue weighted by atomic mass is 32.1. The van der Waals surface area contributed by atoms with Crippen molar-refractivity contribution < 1.29 is 9.90 Å². The van der Waals surface area contributed by atoms with Crippen molar-refractivity contribution in [2.45, 2.75) is 25.4 Å². The highest BCUT2D eigenvalue weighted by molar-refractivity contribution is 7.09. The van der Waals surface area contributed by atoms with Crippen molar-refractivity contribution in [1.29, 1.82) is 0 Å². The average Bonchev–Trinajstić information content (AvgIpc) is 3.31. The number of carbonyl (C=O) groups excluding carboxylic acids is 1. The monoisotopic (exact) mass is 372 g/mol. The van der Waals surface area contributed by atoms with E-state index in [0.29, 0.717) is 29.4 Å². The summed E-state index contributed by atoms with van der Waals surface area (Å²) in [6, 6.07) is 7.38. The summed E-state index contributed by atoms with van der Waals surface area (Å²) in [5.74, 6) is 0.544. The number of fused-ring (bicyclic) bond motifs is 1. The van der Waals surface area contributed by atoms with Gasteiger partial charge in [0.1, 0.15) is 17.6 Å². The number of hydrogen-bond acceptors (Lipinski definition) is 6. The maximum Gasteiger partial charge on any atom is 0.253 e. The molecule has 138 valence electrons. The summed E-state index contributed by atoms with van der Waals surface area (Å²) >= 11 is 1.70. The van der Waals surface area contributed by atoms with Crippen LogP contribution >= 0.6 is 11.3 Å². The number of nitrogens with one attached hydrogen (secondary N) is 4. The summed E-state index contributed by atoms with van der Waals surface area (Å²) < 4.78 is 0. The first-order chi connectivity index (χ1) is 12.7. The molecular formula is C19H24N4O2S. The fraction of sp³-hybridized carbons (Fsp3) is 0.421. The van der Waals surface area contributed by atoms with Gasteiger partial charge in [0.2, 0.25) is 0 Å². The van der Waals surface area contributed by atoms with Crippen LogP contribution in [0.3, 0.4) is 0 Å². The molecule has 0 bridgehead atoms. The van der Waals surface area contributed by atoms with E-state index in [-0.39, 0.29) is 17.8 Å². The Bertz CT molecular complexity index is 772. The normalized spacial score (nSPS) is 21.5. The van der Waals surface area contributed by atoms with Crippen LogP contribution in [0.2, 0.25) is 0 Å². The van der Waals surface area contributed by atoms with Gasteiger partial charge < -0.3 is 26.4 Å². The van der Waals surface area contributed by atoms with Crippen LogP contribution in [0.25, 0.3) is 0 Å². The highest BCUT2D eigenvalue weighted by Crippen LogP contribution is 2.40. The summed E-state index contributed by atoms with van der Waals surface area (Å²) in [5, 5.41) is 25.3. The maximum atomic E-state index is 12.7. The second-order valence-electron chi connectivity index (χ2n) is 6.93. The zero-order valence-electron chi connectivity index (χ0n) is 14.5. The molecule has 3 heterocycles. The Morgan fingerprint density at radius 3 is 2.92 bits per heavy atom. The van der Waals surface area contributed by atoms with Crippen molar-refractivity contribution in [2.24, 2.45) is 5.92 Å². The zero-order valence-corrected chi connectivity index (χ0v) is 15.4. The van der Waals surface area contributed by atoms with Crippen LogP contribution in [-0.4, -0.2) is 36.8 Å². The first-order valence-corrected chi connectivity index (χ1v) is 9.99. The second kappa shape index (κ2) is 7.55. The van der Waals surface area contributed by atoms with Gasteiger partial charge in [-0.25, -0.2) is 0 Å². The van der Waals surface area contributed by atoms with E-state index in [2.05, 4.69) is 27.3 Å². The summed E-state index contributed by atoms with van der Waals surface area (Å²) in [6.45, 7) is 2.70. The molecule has 0 saturated carbocycles. The molecule has 1 aromatic carbocycles. The van der Waals surface area contributed by atoms with Crippen LogP contribution < -0.4 is 21.3 Å². The molecule has 0 radical (unpaired) electrons. The smallest absolute Gasteiger partial charge is 0.253 e. The molecule has 6 nitrogen and oxygen atoms in total. The van der Waals surface area contributed by atoms with Crippen LogP contribution in [0, 0.1) is 5.92 Å². The van der Waals surface area contributed by atoms with E-state index in [1.165, 1.54) is 4.88 Å². The standard InChI is InChI=1S/C19H24N4O2S/c24-15-6-5-14(19(25)21-11-12-3-1-7-20-10-12)17-18(15)23-16(22-17)9-13-4-2-8-26-13/h2,4-6,8,12,16,20,22-24H,1,3,7,9-11H2,(H,21,25). The molecule has 1 aromatic heterocycles. The lowest BCUT2D eigenvalue weighted by molar-refractivity contribution is 0.0945. The van der Waals surface area contributed by atoms with Crippen LogP contribution in [0.15, 0.2) is 29.6 Å². The summed E-state index contributed by atoms with van der Waals surface area (Å²) in [7, 11) is 0. The Hall–Kier alpha value is -2.25. The molecule has 2 atom stereocenters. The number of rotatable bonds is 5. The quantitative estimate of drug-likeness (QED) is 0.521. The summed E-state index contributed by atoms with van der Waals surface area (Å²) in [5.41, 5.74) is 1.87. The molecule has 0 spiro atoms. The van der Waals surface area contributed by atoms with Crippen LogP contribution in [0.4, 0.5) is 11.4 Å². The molecule has 2 aliphatic heterocycles. The van der Waals surface area contributed by atoms with Gasteiger partial charge in [-0.05, 0) is 55.4 Å². The Morgan fingerprint density at radius 1 is 1.27 bits per heavy atom. The Labute approximate surface area is 157 Å². The highest BCUT2D eigenvalue weighted by Gasteiger charge is 2.28. The van der Waals surface area contributed by atoms with Crippen molar-refractivity contribution >= 4 is 28.6 Å². The number of thiophene rings is 1. The predicted molar refractivity (Wildman–Crippen MR) is 105 cm³/mol. The first-order valence-electron chi connectivity index (χ1n) is 9.11. The Morgan fingerprint density at radius 2 is 2.15 bits per heavy atom. The number of piperidine rings is 1. The summed E-state index contributed by atoms with van der Waals surface area (Å²) in [6.07, 6.45) is 3.06. The fourth-order valence-corrected chi connectivity index (χ4v) is 4.38. The van der Waals surface area contributed by atoms with Crippen molar-refractivity contribution in [3.8, 4) is 5.75 Å². The third-order valence-corrected chi connectivity index (χ3v) is 5.90. The third kappa shape index (κ3) is 3.64. The van der Waals surface area contributed by atoms with E-state index in [1.54, 1.807) is 23.5 Å². The molecular weight excluding hydrogens is 348 g/mol. The number of benzene rings is 1. The van der Waals surface area contributed by atoms with E-state index in [9.17, 15) is 9.90 Å². The number of phenolic OH excluding ortho intramolecular Hbond substituents is 1. The van der Waals surface area contributed by atoms with Gasteiger partial charge in [0.25, 0.3) is 5.91 Å². The largest absolute Gasteiger partial charge is 0.506 e. The molecule has 7 heteroatoms. The zero-order chi connectivity index (χ0) is 17.9. The summed E-state index contributed by atoms with van der Waals surface area (Å²) in [4.78, 5) is 14.0. The molecule has 26 heavy (non-hydrogen) atoms. The van der Waals surface area contributed by atoms with Crippen LogP contribution in [0.5, 0.6) is 5.75 Å². The second-order valence-corrected chi connectivity index (χ2v) is 7.96. The van der Waals surface area contributed by atoms with Gasteiger partial charge >= 0.3 is 0 Å². The van der Waals surface area contributed by atoms with E-state index in [0.717, 1.165) is 32.4 Å². The van der Waals surface area contributed by atoms with E-state index in [1.807, 2.05) is 11.4 Å². The predicted octanol–water partition coefficient (Wildman–Crippen LogP) is 2.59. The van der Waals surface area contributed by atoms with Crippen molar-refractivity contribution in [3.05, 3.63) is 40.1 Å². The van der Waals surface area contributed by atoms with Crippen molar-refractivity contribution in [1.82, 2.24) is 10.6 Å². The molecule has 1 amide bonds. The average molecular weight is 372 g/mol. The number of aromatic hydroxyl groups is 1. The minimum Gasteiger partial charge on any atom is -0.506 e. The minimum atomic E-state index is -0.0992. The molecule has 5 N–H and O–H groups in total. The van der Waals surface area contributed by atoms with E-state index in [4.69, 9.17) is 0 Å². The van der Waals surface area contributed by atoms with Gasteiger partial charge in [0, 0.05) is 17.8 Å². The lowest BCUT2D eigenvalue weighted by Gasteiger charge is -2.23. The number of phenols is 1. The number of hydrogen-bond donors (Lipinski definition) is 5. The van der Waals surface area contributed by atoms with E-state index >= 15 is 0 Å². The molecule has 1 fully saturated rings. The SMILES string of the molecule is O=C(NCC1CCCNC1)c1ccc(O)c2c1NC(Cc1cccs1)N2. The third-order valence-electron chi connectivity index (χ3n) is 5.00. The molecule has 2 aliphatic rings.